The van der Waals surface area contributed by atoms with Crippen molar-refractivity contribution in [2.75, 3.05) is 18.8 Å². The molecule has 0 saturated carbocycles. The number of ether oxygens (including phenoxy) is 2. The van der Waals surface area contributed by atoms with E-state index in [4.69, 9.17) is 20.9 Å². The molecule has 1 aliphatic rings. The highest BCUT2D eigenvalue weighted by Crippen LogP contribution is 2.33. The standard InChI is InChI=1S/C13H19N3O4S/c1-13(2,3)20-12(18)16-5-7(6-16)19-9-4-8(10(14)17)11(15)21-9/h4,7H,5-6,15H2,1-3H3,(H2,14,17). The number of amides is 2. The molecule has 116 valence electrons. The molecule has 1 saturated heterocycles. The average molecular weight is 313 g/mol. The average Bonchev–Trinajstić information content (AvgIpc) is 2.61. The highest BCUT2D eigenvalue weighted by atomic mass is 32.1. The molecule has 1 aromatic heterocycles. The summed E-state index contributed by atoms with van der Waals surface area (Å²) in [5.74, 6) is -0.581. The van der Waals surface area contributed by atoms with Crippen LogP contribution >= 0.6 is 11.3 Å². The predicted molar refractivity (Wildman–Crippen MR) is 79.5 cm³/mol. The minimum atomic E-state index is -0.581. The Morgan fingerprint density at radius 3 is 2.48 bits per heavy atom. The van der Waals surface area contributed by atoms with Crippen LogP contribution < -0.4 is 16.2 Å². The summed E-state index contributed by atoms with van der Waals surface area (Å²) < 4.78 is 10.9. The summed E-state index contributed by atoms with van der Waals surface area (Å²) in [5.41, 5.74) is 10.6. The van der Waals surface area contributed by atoms with Crippen molar-refractivity contribution in [2.45, 2.75) is 32.5 Å². The molecule has 0 spiro atoms. The van der Waals surface area contributed by atoms with E-state index in [1.54, 1.807) is 4.90 Å². The van der Waals surface area contributed by atoms with Gasteiger partial charge in [0.05, 0.1) is 18.7 Å². The zero-order valence-corrected chi connectivity index (χ0v) is 13.0. The minimum Gasteiger partial charge on any atom is -0.477 e. The predicted octanol–water partition coefficient (Wildman–Crippen LogP) is 1.43. The third kappa shape index (κ3) is 3.78. The van der Waals surface area contributed by atoms with E-state index >= 15 is 0 Å². The molecule has 2 heterocycles. The van der Waals surface area contributed by atoms with Crippen LogP contribution in [0.2, 0.25) is 0 Å². The van der Waals surface area contributed by atoms with Crippen LogP contribution in [0.15, 0.2) is 6.07 Å². The molecule has 1 fully saturated rings. The van der Waals surface area contributed by atoms with Crippen LogP contribution in [0.25, 0.3) is 0 Å². The SMILES string of the molecule is CC(C)(C)OC(=O)N1CC(Oc2cc(C(N)=O)c(N)s2)C1. The Morgan fingerprint density at radius 1 is 1.38 bits per heavy atom. The smallest absolute Gasteiger partial charge is 0.410 e. The van der Waals surface area contributed by atoms with Gasteiger partial charge in [-0.25, -0.2) is 4.79 Å². The molecule has 0 atom stereocenters. The third-order valence-corrected chi connectivity index (χ3v) is 3.64. The Kier molecular flexibility index (Phi) is 3.99. The Morgan fingerprint density at radius 2 is 2.00 bits per heavy atom. The third-order valence-electron chi connectivity index (χ3n) is 2.79. The summed E-state index contributed by atoms with van der Waals surface area (Å²) in [7, 11) is 0. The van der Waals surface area contributed by atoms with Crippen LogP contribution in [0.4, 0.5) is 9.80 Å². The number of carbonyl (C=O) groups is 2. The summed E-state index contributed by atoms with van der Waals surface area (Å²) in [6.07, 6.45) is -0.484. The lowest BCUT2D eigenvalue weighted by atomic mass is 10.2. The fourth-order valence-electron chi connectivity index (χ4n) is 1.78. The maximum Gasteiger partial charge on any atom is 0.410 e. The van der Waals surface area contributed by atoms with E-state index in [1.165, 1.54) is 6.07 Å². The summed E-state index contributed by atoms with van der Waals surface area (Å²) >= 11 is 1.16. The maximum atomic E-state index is 11.8. The topological polar surface area (TPSA) is 108 Å². The Labute approximate surface area is 126 Å². The molecule has 0 radical (unpaired) electrons. The van der Waals surface area contributed by atoms with Gasteiger partial charge in [-0.15, -0.1) is 0 Å². The molecule has 1 aliphatic heterocycles. The van der Waals surface area contributed by atoms with Crippen molar-refractivity contribution in [3.05, 3.63) is 11.6 Å². The summed E-state index contributed by atoms with van der Waals surface area (Å²) in [6.45, 7) is 6.34. The lowest BCUT2D eigenvalue weighted by Crippen LogP contribution is -2.57. The number of hydrogen-bond donors (Lipinski definition) is 2. The number of nitrogen functional groups attached to an aromatic ring is 1. The second kappa shape index (κ2) is 5.44. The molecule has 0 unspecified atom stereocenters. The van der Waals surface area contributed by atoms with Crippen LogP contribution in [0.1, 0.15) is 31.1 Å². The Bertz CT molecular complexity index is 558. The maximum absolute atomic E-state index is 11.8. The molecule has 4 N–H and O–H groups in total. The molecule has 0 bridgehead atoms. The number of thiophene rings is 1. The van der Waals surface area contributed by atoms with Gasteiger partial charge in [-0.1, -0.05) is 11.3 Å². The molecular weight excluding hydrogens is 294 g/mol. The first-order chi connectivity index (χ1) is 9.65. The van der Waals surface area contributed by atoms with Crippen molar-refractivity contribution in [1.82, 2.24) is 4.90 Å². The zero-order valence-electron chi connectivity index (χ0n) is 12.2. The van der Waals surface area contributed by atoms with Crippen LogP contribution in [0, 0.1) is 0 Å². The van der Waals surface area contributed by atoms with E-state index < -0.39 is 11.5 Å². The van der Waals surface area contributed by atoms with Gasteiger partial charge in [0, 0.05) is 6.07 Å². The van der Waals surface area contributed by atoms with Gasteiger partial charge in [0.25, 0.3) is 5.91 Å². The van der Waals surface area contributed by atoms with E-state index in [1.807, 2.05) is 20.8 Å². The summed E-state index contributed by atoms with van der Waals surface area (Å²) in [4.78, 5) is 24.4. The number of likely N-dealkylation sites (tertiary alicyclic amines) is 1. The van der Waals surface area contributed by atoms with Gasteiger partial charge < -0.3 is 25.8 Å². The van der Waals surface area contributed by atoms with E-state index in [0.717, 1.165) is 11.3 Å². The highest BCUT2D eigenvalue weighted by Gasteiger charge is 2.35. The molecule has 7 nitrogen and oxygen atoms in total. The number of anilines is 1. The molecule has 2 rings (SSSR count). The van der Waals surface area contributed by atoms with Gasteiger partial charge in [0.1, 0.15) is 16.7 Å². The van der Waals surface area contributed by atoms with Gasteiger partial charge >= 0.3 is 6.09 Å². The molecule has 2 amide bonds. The van der Waals surface area contributed by atoms with E-state index in [-0.39, 0.29) is 17.8 Å². The van der Waals surface area contributed by atoms with Gasteiger partial charge in [0.15, 0.2) is 5.06 Å². The Hall–Kier alpha value is -1.96. The first-order valence-electron chi connectivity index (χ1n) is 6.49. The fraction of sp³-hybridized carbons (Fsp3) is 0.538. The summed E-state index contributed by atoms with van der Waals surface area (Å²) in [6, 6.07) is 1.53. The quantitative estimate of drug-likeness (QED) is 0.877. The molecular formula is C13H19N3O4S. The van der Waals surface area contributed by atoms with E-state index in [0.29, 0.717) is 23.2 Å². The number of primary amides is 1. The van der Waals surface area contributed by atoms with E-state index in [2.05, 4.69) is 0 Å². The van der Waals surface area contributed by atoms with Crippen LogP contribution in [-0.2, 0) is 4.74 Å². The zero-order chi connectivity index (χ0) is 15.8. The monoisotopic (exact) mass is 313 g/mol. The van der Waals surface area contributed by atoms with Crippen molar-refractivity contribution in [3.8, 4) is 5.06 Å². The lowest BCUT2D eigenvalue weighted by Gasteiger charge is -2.39. The molecule has 0 aromatic carbocycles. The van der Waals surface area contributed by atoms with Crippen LogP contribution in [-0.4, -0.2) is 41.7 Å². The fourth-order valence-corrected chi connectivity index (χ4v) is 2.63. The number of hydrogen-bond acceptors (Lipinski definition) is 6. The van der Waals surface area contributed by atoms with Gasteiger partial charge in [-0.2, -0.15) is 0 Å². The second-order valence-electron chi connectivity index (χ2n) is 5.83. The van der Waals surface area contributed by atoms with E-state index in [9.17, 15) is 9.59 Å². The minimum absolute atomic E-state index is 0.128. The van der Waals surface area contributed by atoms with Gasteiger partial charge in [-0.05, 0) is 20.8 Å². The lowest BCUT2D eigenvalue weighted by molar-refractivity contribution is -0.0212. The number of nitrogens with zero attached hydrogens (tertiary/aromatic N) is 1. The van der Waals surface area contributed by atoms with Crippen molar-refractivity contribution in [3.63, 3.8) is 0 Å². The van der Waals surface area contributed by atoms with Crippen molar-refractivity contribution in [1.29, 1.82) is 0 Å². The van der Waals surface area contributed by atoms with Crippen molar-refractivity contribution < 1.29 is 19.1 Å². The molecule has 0 aliphatic carbocycles. The van der Waals surface area contributed by atoms with Crippen LogP contribution in [0.3, 0.4) is 0 Å². The van der Waals surface area contributed by atoms with Crippen molar-refractivity contribution >= 4 is 28.3 Å². The number of carbonyl (C=O) groups excluding carboxylic acids is 2. The van der Waals surface area contributed by atoms with Gasteiger partial charge in [-0.3, -0.25) is 4.79 Å². The normalized spacial score (nSPS) is 15.5. The van der Waals surface area contributed by atoms with Crippen LogP contribution in [0.5, 0.6) is 5.06 Å². The molecule has 8 heteroatoms. The van der Waals surface area contributed by atoms with Crippen molar-refractivity contribution in [2.24, 2.45) is 5.73 Å². The first-order valence-corrected chi connectivity index (χ1v) is 7.31. The second-order valence-corrected chi connectivity index (χ2v) is 6.88. The largest absolute Gasteiger partial charge is 0.477 e. The Balaban J connectivity index is 1.84. The summed E-state index contributed by atoms with van der Waals surface area (Å²) in [5, 5.41) is 0.857. The first kappa shape index (κ1) is 15.4. The van der Waals surface area contributed by atoms with Gasteiger partial charge in [0.2, 0.25) is 0 Å². The number of nitrogens with two attached hydrogens (primary N) is 2. The number of rotatable bonds is 3. The molecule has 21 heavy (non-hydrogen) atoms. The molecule has 1 aromatic rings. The highest BCUT2D eigenvalue weighted by molar-refractivity contribution is 7.18.